The van der Waals surface area contributed by atoms with Crippen molar-refractivity contribution < 1.29 is 22.1 Å². The maximum Gasteiger partial charge on any atom is 0.339 e. The van der Waals surface area contributed by atoms with E-state index in [-0.39, 0.29) is 22.3 Å². The zero-order valence-corrected chi connectivity index (χ0v) is 17.2. The lowest BCUT2D eigenvalue weighted by Gasteiger charge is -2.28. The first kappa shape index (κ1) is 19.8. The molecular formula is C22H20N2O5S. The minimum atomic E-state index is -4.01. The van der Waals surface area contributed by atoms with Crippen molar-refractivity contribution in [2.45, 2.75) is 18.0 Å². The van der Waals surface area contributed by atoms with Crippen molar-refractivity contribution in [3.05, 3.63) is 83.4 Å². The van der Waals surface area contributed by atoms with Gasteiger partial charge < -0.3 is 19.6 Å². The van der Waals surface area contributed by atoms with E-state index in [1.165, 1.54) is 25.3 Å². The van der Waals surface area contributed by atoms with E-state index in [0.29, 0.717) is 16.8 Å². The molecule has 0 saturated carbocycles. The number of benzene rings is 3. The Morgan fingerprint density at radius 1 is 0.900 bits per heavy atom. The second-order valence-corrected chi connectivity index (χ2v) is 8.40. The van der Waals surface area contributed by atoms with Gasteiger partial charge in [0.15, 0.2) is 11.5 Å². The van der Waals surface area contributed by atoms with Gasteiger partial charge in [-0.1, -0.05) is 35.9 Å². The van der Waals surface area contributed by atoms with Crippen molar-refractivity contribution in [2.24, 2.45) is 0 Å². The third-order valence-corrected chi connectivity index (χ3v) is 6.03. The predicted molar refractivity (Wildman–Crippen MR) is 112 cm³/mol. The van der Waals surface area contributed by atoms with Gasteiger partial charge in [-0.3, -0.25) is 4.79 Å². The molecule has 0 saturated heterocycles. The summed E-state index contributed by atoms with van der Waals surface area (Å²) >= 11 is 0. The van der Waals surface area contributed by atoms with E-state index in [9.17, 15) is 13.2 Å². The normalized spacial score (nSPS) is 15.5. The van der Waals surface area contributed by atoms with Gasteiger partial charge in [-0.25, -0.2) is 0 Å². The molecule has 3 aromatic rings. The van der Waals surface area contributed by atoms with Crippen molar-refractivity contribution in [2.75, 3.05) is 12.4 Å². The maximum absolute atomic E-state index is 12.6. The fourth-order valence-corrected chi connectivity index (χ4v) is 4.12. The fourth-order valence-electron chi connectivity index (χ4n) is 3.18. The third-order valence-electron chi connectivity index (χ3n) is 4.78. The molecule has 1 heterocycles. The largest absolute Gasteiger partial charge is 0.493 e. The summed E-state index contributed by atoms with van der Waals surface area (Å²) in [6.45, 7) is 1.87. The summed E-state index contributed by atoms with van der Waals surface area (Å²) in [4.78, 5) is 12.4. The number of hydrogen-bond acceptors (Lipinski definition) is 6. The van der Waals surface area contributed by atoms with Gasteiger partial charge in [-0.2, -0.15) is 8.42 Å². The molecule has 8 heteroatoms. The number of carbonyl (C=O) groups is 1. The molecule has 0 unspecified atom stereocenters. The van der Waals surface area contributed by atoms with Crippen LogP contribution < -0.4 is 19.6 Å². The lowest BCUT2D eigenvalue weighted by Crippen LogP contribution is -2.38. The average Bonchev–Trinajstić information content (AvgIpc) is 2.74. The fraction of sp³-hybridized carbons (Fsp3) is 0.136. The highest BCUT2D eigenvalue weighted by Gasteiger charge is 2.26. The number of para-hydroxylation sites is 1. The molecule has 4 rings (SSSR count). The summed E-state index contributed by atoms with van der Waals surface area (Å²) in [7, 11) is -2.59. The number of anilines is 1. The van der Waals surface area contributed by atoms with Crippen molar-refractivity contribution in [1.29, 1.82) is 0 Å². The van der Waals surface area contributed by atoms with E-state index < -0.39 is 16.3 Å². The molecule has 0 fully saturated rings. The average molecular weight is 424 g/mol. The summed E-state index contributed by atoms with van der Waals surface area (Å²) in [6, 6.07) is 18.4. The Morgan fingerprint density at radius 2 is 1.63 bits per heavy atom. The Bertz CT molecular complexity index is 1210. The Balaban J connectivity index is 1.61. The summed E-state index contributed by atoms with van der Waals surface area (Å²) in [5, 5.41) is 6.12. The monoisotopic (exact) mass is 424 g/mol. The Kier molecular flexibility index (Phi) is 5.09. The lowest BCUT2D eigenvalue weighted by molar-refractivity contribution is 0.0935. The van der Waals surface area contributed by atoms with E-state index in [4.69, 9.17) is 8.92 Å². The number of hydrogen-bond donors (Lipinski definition) is 2. The molecule has 0 aliphatic carbocycles. The van der Waals surface area contributed by atoms with Crippen molar-refractivity contribution in [3.63, 3.8) is 0 Å². The van der Waals surface area contributed by atoms with E-state index in [0.717, 1.165) is 5.56 Å². The number of aryl methyl sites for hydroxylation is 1. The molecule has 0 radical (unpaired) electrons. The van der Waals surface area contributed by atoms with Crippen LogP contribution in [0.3, 0.4) is 0 Å². The summed E-state index contributed by atoms with van der Waals surface area (Å²) < 4.78 is 35.9. The highest BCUT2D eigenvalue weighted by atomic mass is 32.2. The number of carbonyl (C=O) groups excluding carboxylic acids is 1. The SMILES string of the molecule is COc1cc([C@@H]2NC(=O)c3ccccc3N2)ccc1OS(=O)(=O)c1ccc(C)cc1. The molecule has 0 aromatic heterocycles. The standard InChI is InChI=1S/C22H20N2O5S/c1-14-7-10-16(11-8-14)30(26,27)29-19-12-9-15(13-20(19)28-2)21-23-18-6-4-3-5-17(18)22(25)24-21/h3-13,21,23H,1-2H3,(H,24,25)/t21-/m0/s1. The van der Waals surface area contributed by atoms with E-state index in [2.05, 4.69) is 10.6 Å². The zero-order chi connectivity index (χ0) is 21.3. The number of fused-ring (bicyclic) bond motifs is 1. The highest BCUT2D eigenvalue weighted by molar-refractivity contribution is 7.87. The van der Waals surface area contributed by atoms with Crippen LogP contribution in [0.25, 0.3) is 0 Å². The molecule has 30 heavy (non-hydrogen) atoms. The summed E-state index contributed by atoms with van der Waals surface area (Å²) in [5.74, 6) is 0.0954. The third kappa shape index (κ3) is 3.81. The smallest absolute Gasteiger partial charge is 0.339 e. The molecule has 1 aliphatic heterocycles. The first-order valence-electron chi connectivity index (χ1n) is 9.23. The van der Waals surface area contributed by atoms with Crippen LogP contribution in [0.2, 0.25) is 0 Å². The van der Waals surface area contributed by atoms with Crippen LogP contribution in [0, 0.1) is 6.92 Å². The van der Waals surface area contributed by atoms with Gasteiger partial charge in [-0.05, 0) is 48.9 Å². The van der Waals surface area contributed by atoms with Crippen LogP contribution in [-0.4, -0.2) is 21.4 Å². The minimum absolute atomic E-state index is 0.0528. The van der Waals surface area contributed by atoms with E-state index >= 15 is 0 Å². The van der Waals surface area contributed by atoms with Gasteiger partial charge in [0.1, 0.15) is 11.1 Å². The second kappa shape index (κ2) is 7.72. The Morgan fingerprint density at radius 3 is 2.37 bits per heavy atom. The molecular weight excluding hydrogens is 404 g/mol. The molecule has 3 aromatic carbocycles. The van der Waals surface area contributed by atoms with Gasteiger partial charge in [-0.15, -0.1) is 0 Å². The minimum Gasteiger partial charge on any atom is -0.493 e. The number of nitrogens with one attached hydrogen (secondary N) is 2. The molecule has 1 aliphatic rings. The van der Waals surface area contributed by atoms with E-state index in [1.54, 1.807) is 36.4 Å². The summed E-state index contributed by atoms with van der Waals surface area (Å²) in [6.07, 6.45) is -0.496. The lowest BCUT2D eigenvalue weighted by atomic mass is 10.1. The maximum atomic E-state index is 12.6. The van der Waals surface area contributed by atoms with Crippen LogP contribution in [0.4, 0.5) is 5.69 Å². The number of methoxy groups -OCH3 is 1. The number of amides is 1. The topological polar surface area (TPSA) is 93.7 Å². The van der Waals surface area contributed by atoms with Gasteiger partial charge in [0.05, 0.1) is 12.7 Å². The van der Waals surface area contributed by atoms with Gasteiger partial charge in [0, 0.05) is 5.69 Å². The first-order chi connectivity index (χ1) is 14.4. The molecule has 2 N–H and O–H groups in total. The van der Waals surface area contributed by atoms with Crippen LogP contribution in [0.5, 0.6) is 11.5 Å². The van der Waals surface area contributed by atoms with Gasteiger partial charge in [0.25, 0.3) is 5.91 Å². The Labute approximate surface area is 174 Å². The predicted octanol–water partition coefficient (Wildman–Crippen LogP) is 3.63. The summed E-state index contributed by atoms with van der Waals surface area (Å²) in [5.41, 5.74) is 2.91. The molecule has 0 spiro atoms. The van der Waals surface area contributed by atoms with E-state index in [1.807, 2.05) is 19.1 Å². The zero-order valence-electron chi connectivity index (χ0n) is 16.4. The van der Waals surface area contributed by atoms with Crippen molar-refractivity contribution in [1.82, 2.24) is 5.32 Å². The quantitative estimate of drug-likeness (QED) is 0.608. The van der Waals surface area contributed by atoms with Crippen LogP contribution >= 0.6 is 0 Å². The molecule has 7 nitrogen and oxygen atoms in total. The van der Waals surface area contributed by atoms with Crippen molar-refractivity contribution in [3.8, 4) is 11.5 Å². The molecule has 154 valence electrons. The second-order valence-electron chi connectivity index (χ2n) is 6.86. The molecule has 1 atom stereocenters. The van der Waals surface area contributed by atoms with Gasteiger partial charge in [0.2, 0.25) is 0 Å². The molecule has 1 amide bonds. The number of rotatable bonds is 5. The van der Waals surface area contributed by atoms with Crippen molar-refractivity contribution >= 4 is 21.7 Å². The van der Waals surface area contributed by atoms with Crippen LogP contribution in [0.15, 0.2) is 71.6 Å². The molecule has 0 bridgehead atoms. The van der Waals surface area contributed by atoms with Crippen LogP contribution in [0.1, 0.15) is 27.7 Å². The number of ether oxygens (including phenoxy) is 1. The van der Waals surface area contributed by atoms with Gasteiger partial charge >= 0.3 is 10.1 Å². The highest BCUT2D eigenvalue weighted by Crippen LogP contribution is 2.34. The first-order valence-corrected chi connectivity index (χ1v) is 10.6. The Hall–Kier alpha value is -3.52. The van der Waals surface area contributed by atoms with Crippen LogP contribution in [-0.2, 0) is 10.1 Å².